The van der Waals surface area contributed by atoms with Gasteiger partial charge in [0.2, 0.25) is 0 Å². The molecule has 0 aliphatic carbocycles. The van der Waals surface area contributed by atoms with Crippen molar-refractivity contribution in [2.75, 3.05) is 0 Å². The smallest absolute Gasteiger partial charge is 0.105 e. The van der Waals surface area contributed by atoms with Gasteiger partial charge in [0.05, 0.1) is 0 Å². The Hall–Kier alpha value is -2.06. The van der Waals surface area contributed by atoms with Gasteiger partial charge in [0, 0.05) is 17.1 Å². The fraction of sp³-hybridized carbons (Fsp3) is 0.222. The maximum atomic E-state index is 10.8. The largest absolute Gasteiger partial charge is 0.384 e. The third kappa shape index (κ3) is 2.02. The zero-order chi connectivity index (χ0) is 14.3. The third-order valence-corrected chi connectivity index (χ3v) is 3.93. The highest BCUT2D eigenvalue weighted by atomic mass is 16.3. The number of nitrogens with one attached hydrogen (secondary N) is 1. The Morgan fingerprint density at radius 1 is 1.00 bits per heavy atom. The van der Waals surface area contributed by atoms with Crippen LogP contribution in [0.1, 0.15) is 33.9 Å². The van der Waals surface area contributed by atoms with Crippen molar-refractivity contribution >= 4 is 10.9 Å². The first-order valence-electron chi connectivity index (χ1n) is 6.89. The summed E-state index contributed by atoms with van der Waals surface area (Å²) >= 11 is 0. The topological polar surface area (TPSA) is 36.0 Å². The molecule has 0 saturated carbocycles. The van der Waals surface area contributed by atoms with E-state index in [4.69, 9.17) is 0 Å². The Morgan fingerprint density at radius 2 is 1.70 bits per heavy atom. The van der Waals surface area contributed by atoms with Crippen LogP contribution in [-0.4, -0.2) is 10.1 Å². The molecule has 0 radical (unpaired) electrons. The van der Waals surface area contributed by atoms with Crippen molar-refractivity contribution < 1.29 is 5.11 Å². The van der Waals surface area contributed by atoms with Gasteiger partial charge in [-0.1, -0.05) is 29.8 Å². The molecule has 102 valence electrons. The van der Waals surface area contributed by atoms with Gasteiger partial charge in [-0.05, 0) is 55.2 Å². The lowest BCUT2D eigenvalue weighted by Gasteiger charge is -2.18. The van der Waals surface area contributed by atoms with Crippen molar-refractivity contribution in [3.63, 3.8) is 0 Å². The number of H-pyrrole nitrogens is 1. The SMILES string of the molecule is Cc1cc(C)c(C(O)c2cccc3[nH]ccc23)c(C)c1. The van der Waals surface area contributed by atoms with Gasteiger partial charge in [0.25, 0.3) is 0 Å². The first-order valence-corrected chi connectivity index (χ1v) is 6.89. The number of aromatic nitrogens is 1. The summed E-state index contributed by atoms with van der Waals surface area (Å²) in [6.07, 6.45) is 1.32. The van der Waals surface area contributed by atoms with E-state index in [0.29, 0.717) is 0 Å². The molecule has 2 aromatic carbocycles. The van der Waals surface area contributed by atoms with Crippen molar-refractivity contribution in [3.05, 3.63) is 70.4 Å². The molecular formula is C18H19NO. The van der Waals surface area contributed by atoms with E-state index < -0.39 is 6.10 Å². The molecule has 0 aliphatic heterocycles. The molecular weight excluding hydrogens is 246 g/mol. The highest BCUT2D eigenvalue weighted by Gasteiger charge is 2.18. The molecule has 2 nitrogen and oxygen atoms in total. The minimum Gasteiger partial charge on any atom is -0.384 e. The third-order valence-electron chi connectivity index (χ3n) is 3.93. The first-order chi connectivity index (χ1) is 9.58. The monoisotopic (exact) mass is 265 g/mol. The summed E-state index contributed by atoms with van der Waals surface area (Å²) in [7, 11) is 0. The van der Waals surface area contributed by atoms with Crippen molar-refractivity contribution in [2.24, 2.45) is 0 Å². The zero-order valence-corrected chi connectivity index (χ0v) is 12.1. The minimum atomic E-state index is -0.588. The molecule has 2 N–H and O–H groups in total. The van der Waals surface area contributed by atoms with E-state index in [2.05, 4.69) is 37.9 Å². The van der Waals surface area contributed by atoms with Gasteiger partial charge in [-0.3, -0.25) is 0 Å². The molecule has 1 atom stereocenters. The Bertz CT molecular complexity index is 747. The summed E-state index contributed by atoms with van der Waals surface area (Å²) in [5.74, 6) is 0. The Labute approximate surface area is 119 Å². The van der Waals surface area contributed by atoms with Crippen LogP contribution in [0.3, 0.4) is 0 Å². The van der Waals surface area contributed by atoms with Crippen LogP contribution < -0.4 is 0 Å². The summed E-state index contributed by atoms with van der Waals surface area (Å²) in [5.41, 5.74) is 6.55. The van der Waals surface area contributed by atoms with Gasteiger partial charge >= 0.3 is 0 Å². The van der Waals surface area contributed by atoms with Gasteiger partial charge in [-0.15, -0.1) is 0 Å². The van der Waals surface area contributed by atoms with Crippen LogP contribution in [0.15, 0.2) is 42.6 Å². The maximum absolute atomic E-state index is 10.8. The normalized spacial score (nSPS) is 12.8. The molecule has 0 spiro atoms. The standard InChI is InChI=1S/C18H19NO/c1-11-9-12(2)17(13(3)10-11)18(20)15-5-4-6-16-14(15)7-8-19-16/h4-10,18-20H,1-3H3. The molecule has 0 saturated heterocycles. The van der Waals surface area contributed by atoms with Crippen molar-refractivity contribution in [2.45, 2.75) is 26.9 Å². The van der Waals surface area contributed by atoms with Crippen LogP contribution >= 0.6 is 0 Å². The Balaban J connectivity index is 2.18. The molecule has 0 aliphatic rings. The van der Waals surface area contributed by atoms with E-state index in [1.54, 1.807) is 0 Å². The highest BCUT2D eigenvalue weighted by molar-refractivity contribution is 5.83. The zero-order valence-electron chi connectivity index (χ0n) is 12.1. The number of aryl methyl sites for hydroxylation is 3. The van der Waals surface area contributed by atoms with Gasteiger partial charge in [0.1, 0.15) is 6.10 Å². The summed E-state index contributed by atoms with van der Waals surface area (Å²) in [5, 5.41) is 11.9. The molecule has 0 amide bonds. The second-order valence-electron chi connectivity index (χ2n) is 5.50. The van der Waals surface area contributed by atoms with Gasteiger partial charge in [-0.2, -0.15) is 0 Å². The van der Waals surface area contributed by atoms with E-state index in [1.165, 1.54) is 5.56 Å². The highest BCUT2D eigenvalue weighted by Crippen LogP contribution is 2.32. The van der Waals surface area contributed by atoms with Gasteiger partial charge in [0.15, 0.2) is 0 Å². The number of rotatable bonds is 2. The van der Waals surface area contributed by atoms with Crippen molar-refractivity contribution in [3.8, 4) is 0 Å². The molecule has 3 rings (SSSR count). The molecule has 3 aromatic rings. The lowest BCUT2D eigenvalue weighted by Crippen LogP contribution is -2.05. The number of aromatic amines is 1. The average Bonchev–Trinajstić information content (AvgIpc) is 2.85. The molecule has 1 heterocycles. The fourth-order valence-electron chi connectivity index (χ4n) is 3.13. The molecule has 0 fully saturated rings. The van der Waals surface area contributed by atoms with Gasteiger partial charge < -0.3 is 10.1 Å². The fourth-order valence-corrected chi connectivity index (χ4v) is 3.13. The van der Waals surface area contributed by atoms with Crippen LogP contribution in [0.5, 0.6) is 0 Å². The molecule has 2 heteroatoms. The van der Waals surface area contributed by atoms with E-state index >= 15 is 0 Å². The molecule has 1 aromatic heterocycles. The van der Waals surface area contributed by atoms with Crippen LogP contribution in [-0.2, 0) is 0 Å². The lowest BCUT2D eigenvalue weighted by atomic mass is 9.90. The summed E-state index contributed by atoms with van der Waals surface area (Å²) in [4.78, 5) is 3.19. The van der Waals surface area contributed by atoms with E-state index in [-0.39, 0.29) is 0 Å². The second kappa shape index (κ2) is 4.80. The van der Waals surface area contributed by atoms with E-state index in [1.807, 2.05) is 30.5 Å². The molecule has 0 bridgehead atoms. The van der Waals surface area contributed by atoms with Crippen LogP contribution in [0.2, 0.25) is 0 Å². The van der Waals surface area contributed by atoms with Gasteiger partial charge in [-0.25, -0.2) is 0 Å². The number of aliphatic hydroxyl groups excluding tert-OH is 1. The summed E-state index contributed by atoms with van der Waals surface area (Å²) in [6.45, 7) is 6.22. The number of hydrogen-bond acceptors (Lipinski definition) is 1. The van der Waals surface area contributed by atoms with Crippen LogP contribution in [0.25, 0.3) is 10.9 Å². The minimum absolute atomic E-state index is 0.588. The molecule has 1 unspecified atom stereocenters. The summed E-state index contributed by atoms with van der Waals surface area (Å²) < 4.78 is 0. The summed E-state index contributed by atoms with van der Waals surface area (Å²) in [6, 6.07) is 12.3. The van der Waals surface area contributed by atoms with Crippen LogP contribution in [0.4, 0.5) is 0 Å². The maximum Gasteiger partial charge on any atom is 0.105 e. The number of aliphatic hydroxyl groups is 1. The molecule has 20 heavy (non-hydrogen) atoms. The second-order valence-corrected chi connectivity index (χ2v) is 5.50. The van der Waals surface area contributed by atoms with E-state index in [0.717, 1.165) is 33.2 Å². The van der Waals surface area contributed by atoms with Crippen molar-refractivity contribution in [1.82, 2.24) is 4.98 Å². The number of fused-ring (bicyclic) bond motifs is 1. The number of hydrogen-bond donors (Lipinski definition) is 2. The van der Waals surface area contributed by atoms with Crippen molar-refractivity contribution in [1.29, 1.82) is 0 Å². The first kappa shape index (κ1) is 12.9. The van der Waals surface area contributed by atoms with Crippen LogP contribution in [0, 0.1) is 20.8 Å². The predicted molar refractivity (Wildman–Crippen MR) is 83.0 cm³/mol. The Morgan fingerprint density at radius 3 is 2.40 bits per heavy atom. The quantitative estimate of drug-likeness (QED) is 0.716. The van der Waals surface area contributed by atoms with E-state index in [9.17, 15) is 5.11 Å². The predicted octanol–water partition coefficient (Wildman–Crippen LogP) is 4.17. The average molecular weight is 265 g/mol. The lowest BCUT2D eigenvalue weighted by molar-refractivity contribution is 0.220. The number of benzene rings is 2. The Kier molecular flexibility index (Phi) is 3.11.